The molecule has 6 heteroatoms. The van der Waals surface area contributed by atoms with Gasteiger partial charge in [-0.05, 0) is 35.9 Å². The Bertz CT molecular complexity index is 858. The maximum absolute atomic E-state index is 13.1. The van der Waals surface area contributed by atoms with Gasteiger partial charge >= 0.3 is 0 Å². The fourth-order valence-electron chi connectivity index (χ4n) is 2.21. The van der Waals surface area contributed by atoms with Gasteiger partial charge in [0.1, 0.15) is 0 Å². The number of nitrogens with zero attached hydrogens (tertiary/aromatic N) is 2. The van der Waals surface area contributed by atoms with Crippen molar-refractivity contribution in [1.29, 1.82) is 0 Å². The highest BCUT2D eigenvalue weighted by Crippen LogP contribution is 2.14. The van der Waals surface area contributed by atoms with Crippen LogP contribution in [0.2, 0.25) is 0 Å². The number of imidazole rings is 1. The average molecular weight is 301 g/mol. The van der Waals surface area contributed by atoms with Crippen LogP contribution in [-0.4, -0.2) is 15.5 Å². The first-order valence-electron chi connectivity index (χ1n) is 6.68. The van der Waals surface area contributed by atoms with Crippen molar-refractivity contribution in [1.82, 2.24) is 14.9 Å². The number of carbonyl (C=O) groups excluding carboxylic acids is 1. The van der Waals surface area contributed by atoms with E-state index >= 15 is 0 Å². The normalized spacial score (nSPS) is 10.9. The summed E-state index contributed by atoms with van der Waals surface area (Å²) in [6, 6.07) is 8.74. The standard InChI is InChI=1S/C16H13F2N3O/c1-21-9-20-14-6-10(2-5-15(14)21)8-19-16(22)11-3-4-12(17)13(18)7-11/h2-7,9H,8H2,1H3,(H,19,22). The Labute approximate surface area is 125 Å². The number of hydrogen-bond acceptors (Lipinski definition) is 2. The Morgan fingerprint density at radius 1 is 1.18 bits per heavy atom. The number of halogens is 2. The van der Waals surface area contributed by atoms with Gasteiger partial charge in [0.15, 0.2) is 11.6 Å². The van der Waals surface area contributed by atoms with Crippen LogP contribution in [0.5, 0.6) is 0 Å². The van der Waals surface area contributed by atoms with Crippen molar-refractivity contribution in [3.8, 4) is 0 Å². The molecule has 112 valence electrons. The smallest absolute Gasteiger partial charge is 0.251 e. The van der Waals surface area contributed by atoms with Crippen molar-refractivity contribution in [2.75, 3.05) is 0 Å². The zero-order valence-corrected chi connectivity index (χ0v) is 11.8. The number of nitrogens with one attached hydrogen (secondary N) is 1. The maximum Gasteiger partial charge on any atom is 0.251 e. The third-order valence-corrected chi connectivity index (χ3v) is 3.42. The van der Waals surface area contributed by atoms with Crippen molar-refractivity contribution in [2.24, 2.45) is 7.05 Å². The molecule has 0 aliphatic heterocycles. The molecule has 1 heterocycles. The molecule has 1 N–H and O–H groups in total. The van der Waals surface area contributed by atoms with Gasteiger partial charge in [-0.3, -0.25) is 4.79 Å². The van der Waals surface area contributed by atoms with Crippen LogP contribution in [0.15, 0.2) is 42.7 Å². The number of amides is 1. The summed E-state index contributed by atoms with van der Waals surface area (Å²) in [6.07, 6.45) is 1.72. The molecule has 0 bridgehead atoms. The van der Waals surface area contributed by atoms with E-state index in [1.807, 2.05) is 29.8 Å². The molecule has 3 aromatic rings. The first kappa shape index (κ1) is 14.2. The monoisotopic (exact) mass is 301 g/mol. The minimum absolute atomic E-state index is 0.0813. The average Bonchev–Trinajstić information content (AvgIpc) is 2.88. The molecule has 0 radical (unpaired) electrons. The molecule has 0 atom stereocenters. The summed E-state index contributed by atoms with van der Waals surface area (Å²) in [6.45, 7) is 0.282. The SMILES string of the molecule is Cn1cnc2cc(CNC(=O)c3ccc(F)c(F)c3)ccc21. The molecule has 4 nitrogen and oxygen atoms in total. The van der Waals surface area contributed by atoms with Gasteiger partial charge in [0.2, 0.25) is 0 Å². The zero-order chi connectivity index (χ0) is 15.7. The summed E-state index contributed by atoms with van der Waals surface area (Å²) in [5.74, 6) is -2.47. The van der Waals surface area contributed by atoms with Gasteiger partial charge in [-0.2, -0.15) is 0 Å². The van der Waals surface area contributed by atoms with E-state index in [-0.39, 0.29) is 12.1 Å². The van der Waals surface area contributed by atoms with Crippen LogP contribution in [-0.2, 0) is 13.6 Å². The Hall–Kier alpha value is -2.76. The van der Waals surface area contributed by atoms with E-state index in [0.29, 0.717) is 0 Å². The maximum atomic E-state index is 13.1. The molecule has 22 heavy (non-hydrogen) atoms. The van der Waals surface area contributed by atoms with Crippen molar-refractivity contribution in [3.05, 3.63) is 65.5 Å². The predicted octanol–water partition coefficient (Wildman–Crippen LogP) is 2.78. The molecule has 3 rings (SSSR count). The first-order valence-corrected chi connectivity index (χ1v) is 6.68. The van der Waals surface area contributed by atoms with Gasteiger partial charge in [-0.25, -0.2) is 13.8 Å². The quantitative estimate of drug-likeness (QED) is 0.808. The predicted molar refractivity (Wildman–Crippen MR) is 78.2 cm³/mol. The molecule has 0 spiro atoms. The lowest BCUT2D eigenvalue weighted by Gasteiger charge is -2.06. The molecular weight excluding hydrogens is 288 g/mol. The number of aryl methyl sites for hydroxylation is 1. The van der Waals surface area contributed by atoms with E-state index in [1.165, 1.54) is 6.07 Å². The molecule has 0 saturated heterocycles. The summed E-state index contributed by atoms with van der Waals surface area (Å²) in [4.78, 5) is 16.2. The molecule has 0 fully saturated rings. The van der Waals surface area contributed by atoms with Crippen molar-refractivity contribution >= 4 is 16.9 Å². The lowest BCUT2D eigenvalue weighted by Crippen LogP contribution is -2.23. The number of benzene rings is 2. The highest BCUT2D eigenvalue weighted by atomic mass is 19.2. The van der Waals surface area contributed by atoms with Crippen LogP contribution < -0.4 is 5.32 Å². The lowest BCUT2D eigenvalue weighted by molar-refractivity contribution is 0.0950. The van der Waals surface area contributed by atoms with Gasteiger partial charge < -0.3 is 9.88 Å². The van der Waals surface area contributed by atoms with Gasteiger partial charge in [0.05, 0.1) is 17.4 Å². The van der Waals surface area contributed by atoms with Crippen LogP contribution in [0.1, 0.15) is 15.9 Å². The fraction of sp³-hybridized carbons (Fsp3) is 0.125. The van der Waals surface area contributed by atoms with E-state index in [0.717, 1.165) is 28.7 Å². The highest BCUT2D eigenvalue weighted by molar-refractivity contribution is 5.94. The Balaban J connectivity index is 1.72. The Morgan fingerprint density at radius 3 is 2.77 bits per heavy atom. The molecule has 0 saturated carbocycles. The Morgan fingerprint density at radius 2 is 2.00 bits per heavy atom. The van der Waals surface area contributed by atoms with E-state index in [1.54, 1.807) is 6.33 Å². The van der Waals surface area contributed by atoms with Crippen molar-refractivity contribution in [2.45, 2.75) is 6.54 Å². The number of fused-ring (bicyclic) bond motifs is 1. The zero-order valence-electron chi connectivity index (χ0n) is 11.8. The lowest BCUT2D eigenvalue weighted by atomic mass is 10.1. The van der Waals surface area contributed by atoms with E-state index < -0.39 is 17.5 Å². The van der Waals surface area contributed by atoms with E-state index in [4.69, 9.17) is 0 Å². The van der Waals surface area contributed by atoms with Gasteiger partial charge in [0.25, 0.3) is 5.91 Å². The minimum atomic E-state index is -1.04. The fourth-order valence-corrected chi connectivity index (χ4v) is 2.21. The largest absolute Gasteiger partial charge is 0.348 e. The van der Waals surface area contributed by atoms with Crippen LogP contribution in [0.4, 0.5) is 8.78 Å². The molecule has 1 aromatic heterocycles. The van der Waals surface area contributed by atoms with Crippen LogP contribution in [0.3, 0.4) is 0 Å². The summed E-state index contributed by atoms with van der Waals surface area (Å²) in [5, 5.41) is 2.67. The second-order valence-corrected chi connectivity index (χ2v) is 4.99. The van der Waals surface area contributed by atoms with Crippen LogP contribution in [0.25, 0.3) is 11.0 Å². The third-order valence-electron chi connectivity index (χ3n) is 3.42. The third kappa shape index (κ3) is 2.67. The molecule has 0 aliphatic carbocycles. The first-order chi connectivity index (χ1) is 10.5. The summed E-state index contributed by atoms with van der Waals surface area (Å²) >= 11 is 0. The molecular formula is C16H13F2N3O. The summed E-state index contributed by atoms with van der Waals surface area (Å²) in [7, 11) is 1.90. The molecule has 1 amide bonds. The van der Waals surface area contributed by atoms with Crippen LogP contribution in [0, 0.1) is 11.6 Å². The van der Waals surface area contributed by atoms with Crippen molar-refractivity contribution in [3.63, 3.8) is 0 Å². The molecule has 0 aliphatic rings. The summed E-state index contributed by atoms with van der Waals surface area (Å²) < 4.78 is 27.9. The van der Waals surface area contributed by atoms with E-state index in [9.17, 15) is 13.6 Å². The van der Waals surface area contributed by atoms with Gasteiger partial charge in [0, 0.05) is 19.2 Å². The van der Waals surface area contributed by atoms with Gasteiger partial charge in [-0.15, -0.1) is 0 Å². The second-order valence-electron chi connectivity index (χ2n) is 4.99. The number of carbonyl (C=O) groups is 1. The molecule has 0 unspecified atom stereocenters. The van der Waals surface area contributed by atoms with Gasteiger partial charge in [-0.1, -0.05) is 6.07 Å². The number of hydrogen-bond donors (Lipinski definition) is 1. The highest BCUT2D eigenvalue weighted by Gasteiger charge is 2.09. The molecule has 2 aromatic carbocycles. The Kier molecular flexibility index (Phi) is 3.58. The number of aromatic nitrogens is 2. The number of rotatable bonds is 3. The van der Waals surface area contributed by atoms with Crippen LogP contribution >= 0.6 is 0 Å². The summed E-state index contributed by atoms with van der Waals surface area (Å²) in [5.41, 5.74) is 2.79. The minimum Gasteiger partial charge on any atom is -0.348 e. The topological polar surface area (TPSA) is 46.9 Å². The second kappa shape index (κ2) is 5.55. The van der Waals surface area contributed by atoms with Crippen molar-refractivity contribution < 1.29 is 13.6 Å². The van der Waals surface area contributed by atoms with E-state index in [2.05, 4.69) is 10.3 Å².